The molecule has 1 saturated heterocycles. The van der Waals surface area contributed by atoms with E-state index in [1.54, 1.807) is 0 Å². The number of rotatable bonds is 1. The Kier molecular flexibility index (Phi) is 2.13. The summed E-state index contributed by atoms with van der Waals surface area (Å²) in [5, 5.41) is 0. The summed E-state index contributed by atoms with van der Waals surface area (Å²) in [7, 11) is 0. The van der Waals surface area contributed by atoms with Crippen molar-refractivity contribution in [2.24, 2.45) is 5.92 Å². The summed E-state index contributed by atoms with van der Waals surface area (Å²) in [5.74, 6) is 0.718. The van der Waals surface area contributed by atoms with Gasteiger partial charge in [0.15, 0.2) is 0 Å². The molecule has 12 heavy (non-hydrogen) atoms. The van der Waals surface area contributed by atoms with E-state index in [4.69, 9.17) is 4.74 Å². The minimum absolute atomic E-state index is 0.348. The minimum Gasteiger partial charge on any atom is -0.373 e. The zero-order chi connectivity index (χ0) is 8.39. The predicted octanol–water partition coefficient (Wildman–Crippen LogP) is 2.78. The fraction of sp³-hybridized carbons (Fsp3) is 0.455. The highest BCUT2D eigenvalue weighted by atomic mass is 16.5. The Hall–Kier alpha value is -0.820. The maximum atomic E-state index is 5.65. The molecular weight excluding hydrogens is 148 g/mol. The summed E-state index contributed by atoms with van der Waals surface area (Å²) >= 11 is 0. The molecule has 0 spiro atoms. The molecular formula is C11H14O. The van der Waals surface area contributed by atoms with Gasteiger partial charge in [0, 0.05) is 0 Å². The quantitative estimate of drug-likeness (QED) is 0.617. The van der Waals surface area contributed by atoms with E-state index in [1.807, 2.05) is 6.07 Å². The molecule has 0 amide bonds. The lowest BCUT2D eigenvalue weighted by Gasteiger charge is -2.08. The molecule has 0 unspecified atom stereocenters. The summed E-state index contributed by atoms with van der Waals surface area (Å²) in [6.07, 6.45) is 1.52. The fourth-order valence-electron chi connectivity index (χ4n) is 1.68. The van der Waals surface area contributed by atoms with Crippen LogP contribution in [0.4, 0.5) is 0 Å². The standard InChI is InChI=1S/C11H14O/c1-9-7-11(12-8-9)10-5-3-2-4-6-10/h2-6,9,11H,7-8H2,1H3/t9-,11-/m0/s1. The van der Waals surface area contributed by atoms with Gasteiger partial charge < -0.3 is 4.74 Å². The van der Waals surface area contributed by atoms with Crippen molar-refractivity contribution >= 4 is 0 Å². The lowest BCUT2D eigenvalue weighted by molar-refractivity contribution is 0.108. The number of hydrogen-bond acceptors (Lipinski definition) is 1. The van der Waals surface area contributed by atoms with E-state index in [9.17, 15) is 0 Å². The first kappa shape index (κ1) is 7.81. The highest BCUT2D eigenvalue weighted by molar-refractivity contribution is 5.18. The summed E-state index contributed by atoms with van der Waals surface area (Å²) in [5.41, 5.74) is 1.32. The Balaban J connectivity index is 2.11. The van der Waals surface area contributed by atoms with Gasteiger partial charge in [-0.1, -0.05) is 37.3 Å². The van der Waals surface area contributed by atoms with Crippen molar-refractivity contribution < 1.29 is 4.74 Å². The van der Waals surface area contributed by atoms with Crippen molar-refractivity contribution in [2.45, 2.75) is 19.4 Å². The van der Waals surface area contributed by atoms with Gasteiger partial charge in [-0.15, -0.1) is 0 Å². The van der Waals surface area contributed by atoms with Gasteiger partial charge in [0.05, 0.1) is 12.7 Å². The van der Waals surface area contributed by atoms with Gasteiger partial charge in [-0.05, 0) is 17.9 Å². The van der Waals surface area contributed by atoms with Crippen LogP contribution in [0.25, 0.3) is 0 Å². The predicted molar refractivity (Wildman–Crippen MR) is 48.9 cm³/mol. The molecule has 1 aliphatic heterocycles. The topological polar surface area (TPSA) is 9.23 Å². The number of ether oxygens (including phenoxy) is 1. The van der Waals surface area contributed by atoms with Gasteiger partial charge in [0.1, 0.15) is 0 Å². The van der Waals surface area contributed by atoms with E-state index in [1.165, 1.54) is 12.0 Å². The van der Waals surface area contributed by atoms with Crippen LogP contribution >= 0.6 is 0 Å². The molecule has 1 heteroatoms. The molecule has 1 aromatic rings. The highest BCUT2D eigenvalue weighted by Gasteiger charge is 2.22. The second kappa shape index (κ2) is 3.28. The van der Waals surface area contributed by atoms with Gasteiger partial charge in [-0.25, -0.2) is 0 Å². The SMILES string of the molecule is C[C@@H]1CO[C@H](c2ccccc2)C1. The summed E-state index contributed by atoms with van der Waals surface area (Å²) < 4.78 is 5.65. The lowest BCUT2D eigenvalue weighted by Crippen LogP contribution is -1.94. The monoisotopic (exact) mass is 162 g/mol. The average molecular weight is 162 g/mol. The maximum Gasteiger partial charge on any atom is 0.0828 e. The first-order valence-corrected chi connectivity index (χ1v) is 4.53. The Morgan fingerprint density at radius 3 is 2.58 bits per heavy atom. The third-order valence-electron chi connectivity index (χ3n) is 2.37. The van der Waals surface area contributed by atoms with Crippen molar-refractivity contribution in [3.63, 3.8) is 0 Å². The van der Waals surface area contributed by atoms with Crippen LogP contribution in [0.2, 0.25) is 0 Å². The lowest BCUT2D eigenvalue weighted by atomic mass is 10.0. The first-order chi connectivity index (χ1) is 5.86. The number of benzene rings is 1. The number of hydrogen-bond donors (Lipinski definition) is 0. The molecule has 2 atom stereocenters. The van der Waals surface area contributed by atoms with Crippen LogP contribution in [-0.4, -0.2) is 6.61 Å². The van der Waals surface area contributed by atoms with Crippen LogP contribution < -0.4 is 0 Å². The Morgan fingerprint density at radius 2 is 2.00 bits per heavy atom. The molecule has 0 radical (unpaired) electrons. The van der Waals surface area contributed by atoms with Gasteiger partial charge in [-0.2, -0.15) is 0 Å². The molecule has 1 aromatic carbocycles. The normalized spacial score (nSPS) is 29.1. The molecule has 0 aromatic heterocycles. The van der Waals surface area contributed by atoms with Gasteiger partial charge in [0.2, 0.25) is 0 Å². The van der Waals surface area contributed by atoms with Gasteiger partial charge >= 0.3 is 0 Å². The summed E-state index contributed by atoms with van der Waals surface area (Å²) in [6, 6.07) is 10.5. The van der Waals surface area contributed by atoms with E-state index in [-0.39, 0.29) is 0 Å². The molecule has 64 valence electrons. The second-order valence-electron chi connectivity index (χ2n) is 3.57. The zero-order valence-corrected chi connectivity index (χ0v) is 7.36. The second-order valence-corrected chi connectivity index (χ2v) is 3.57. The van der Waals surface area contributed by atoms with E-state index >= 15 is 0 Å². The average Bonchev–Trinajstić information content (AvgIpc) is 2.54. The van der Waals surface area contributed by atoms with Crippen LogP contribution in [0.3, 0.4) is 0 Å². The van der Waals surface area contributed by atoms with Gasteiger partial charge in [0.25, 0.3) is 0 Å². The van der Waals surface area contributed by atoms with E-state index in [2.05, 4.69) is 31.2 Å². The molecule has 2 rings (SSSR count). The van der Waals surface area contributed by atoms with Crippen LogP contribution in [0, 0.1) is 5.92 Å². The molecule has 1 nitrogen and oxygen atoms in total. The van der Waals surface area contributed by atoms with Gasteiger partial charge in [-0.3, -0.25) is 0 Å². The summed E-state index contributed by atoms with van der Waals surface area (Å²) in [6.45, 7) is 3.16. The molecule has 0 N–H and O–H groups in total. The van der Waals surface area contributed by atoms with E-state index in [0.29, 0.717) is 6.10 Å². The molecule has 1 heterocycles. The highest BCUT2D eigenvalue weighted by Crippen LogP contribution is 2.31. The van der Waals surface area contributed by atoms with Crippen molar-refractivity contribution in [1.29, 1.82) is 0 Å². The zero-order valence-electron chi connectivity index (χ0n) is 7.36. The van der Waals surface area contributed by atoms with Crippen molar-refractivity contribution in [2.75, 3.05) is 6.61 Å². The molecule has 0 saturated carbocycles. The van der Waals surface area contributed by atoms with E-state index in [0.717, 1.165) is 12.5 Å². The molecule has 0 bridgehead atoms. The largest absolute Gasteiger partial charge is 0.373 e. The molecule has 1 fully saturated rings. The van der Waals surface area contributed by atoms with Crippen LogP contribution in [0.15, 0.2) is 30.3 Å². The van der Waals surface area contributed by atoms with E-state index < -0.39 is 0 Å². The Morgan fingerprint density at radius 1 is 1.25 bits per heavy atom. The third kappa shape index (κ3) is 1.51. The van der Waals surface area contributed by atoms with Crippen molar-refractivity contribution in [3.05, 3.63) is 35.9 Å². The fourth-order valence-corrected chi connectivity index (χ4v) is 1.68. The molecule has 1 aliphatic rings. The Labute approximate surface area is 73.4 Å². The third-order valence-corrected chi connectivity index (χ3v) is 2.37. The van der Waals surface area contributed by atoms with Crippen molar-refractivity contribution in [3.8, 4) is 0 Å². The smallest absolute Gasteiger partial charge is 0.0828 e. The van der Waals surface area contributed by atoms with Crippen LogP contribution in [-0.2, 0) is 4.74 Å². The van der Waals surface area contributed by atoms with Crippen LogP contribution in [0.5, 0.6) is 0 Å². The first-order valence-electron chi connectivity index (χ1n) is 4.53. The van der Waals surface area contributed by atoms with Crippen molar-refractivity contribution in [1.82, 2.24) is 0 Å². The van der Waals surface area contributed by atoms with Crippen LogP contribution in [0.1, 0.15) is 25.0 Å². The summed E-state index contributed by atoms with van der Waals surface area (Å²) in [4.78, 5) is 0. The Bertz CT molecular complexity index is 242. The maximum absolute atomic E-state index is 5.65. The minimum atomic E-state index is 0.348. The molecule has 0 aliphatic carbocycles.